The monoisotopic (exact) mass is 263 g/mol. The van der Waals surface area contributed by atoms with Crippen molar-refractivity contribution in [1.29, 1.82) is 5.26 Å². The number of nitriles is 1. The van der Waals surface area contributed by atoms with E-state index in [1.807, 2.05) is 6.07 Å². The van der Waals surface area contributed by atoms with Crippen molar-refractivity contribution in [2.45, 2.75) is 12.6 Å². The highest BCUT2D eigenvalue weighted by Crippen LogP contribution is 2.03. The Morgan fingerprint density at radius 3 is 2.74 bits per heavy atom. The third-order valence-electron chi connectivity index (χ3n) is 2.30. The van der Waals surface area contributed by atoms with E-state index in [0.717, 1.165) is 0 Å². The van der Waals surface area contributed by atoms with Crippen molar-refractivity contribution in [3.05, 3.63) is 35.4 Å². The Morgan fingerprint density at radius 1 is 1.42 bits per heavy atom. The van der Waals surface area contributed by atoms with E-state index in [9.17, 15) is 9.59 Å². The van der Waals surface area contributed by atoms with E-state index >= 15 is 0 Å². The third kappa shape index (κ3) is 4.65. The number of hydrogen-bond acceptors (Lipinski definition) is 4. The molecular formula is C12H13N3O4. The molecule has 7 nitrogen and oxygen atoms in total. The molecule has 0 aliphatic carbocycles. The minimum absolute atomic E-state index is 0.152. The highest BCUT2D eigenvalue weighted by Gasteiger charge is 2.18. The van der Waals surface area contributed by atoms with Crippen LogP contribution in [0.5, 0.6) is 0 Å². The molecule has 0 aliphatic rings. The number of nitrogens with zero attached hydrogens (tertiary/aromatic N) is 1. The predicted molar refractivity (Wildman–Crippen MR) is 65.0 cm³/mol. The lowest BCUT2D eigenvalue weighted by molar-refractivity contribution is -0.140. The molecule has 1 atom stereocenters. The van der Waals surface area contributed by atoms with Gasteiger partial charge in [-0.25, -0.2) is 9.59 Å². The number of carbonyl (C=O) groups is 2. The largest absolute Gasteiger partial charge is 0.480 e. The lowest BCUT2D eigenvalue weighted by Crippen LogP contribution is -2.47. The number of aliphatic carboxylic acids is 1. The van der Waals surface area contributed by atoms with Gasteiger partial charge in [-0.2, -0.15) is 5.26 Å². The second-order valence-electron chi connectivity index (χ2n) is 3.71. The summed E-state index contributed by atoms with van der Waals surface area (Å²) in [5, 5.41) is 30.6. The Bertz CT molecular complexity index is 510. The van der Waals surface area contributed by atoms with Gasteiger partial charge in [-0.05, 0) is 17.7 Å². The number of urea groups is 1. The topological polar surface area (TPSA) is 122 Å². The smallest absolute Gasteiger partial charge is 0.328 e. The van der Waals surface area contributed by atoms with E-state index in [-0.39, 0.29) is 6.54 Å². The van der Waals surface area contributed by atoms with Crippen LogP contribution in [-0.2, 0) is 11.3 Å². The number of benzene rings is 1. The molecule has 4 N–H and O–H groups in total. The van der Waals surface area contributed by atoms with Gasteiger partial charge in [0.15, 0.2) is 6.04 Å². The SMILES string of the molecule is N#Cc1cccc(CNC(=O)N[C@@H](CO)C(=O)O)c1. The van der Waals surface area contributed by atoms with E-state index in [1.54, 1.807) is 24.3 Å². The van der Waals surface area contributed by atoms with Crippen LogP contribution in [0.3, 0.4) is 0 Å². The van der Waals surface area contributed by atoms with Crippen molar-refractivity contribution in [2.75, 3.05) is 6.61 Å². The summed E-state index contributed by atoms with van der Waals surface area (Å²) in [6.07, 6.45) is 0. The molecule has 0 saturated carbocycles. The summed E-state index contributed by atoms with van der Waals surface area (Å²) in [4.78, 5) is 22.0. The van der Waals surface area contributed by atoms with Crippen molar-refractivity contribution in [2.24, 2.45) is 0 Å². The van der Waals surface area contributed by atoms with Crippen LogP contribution in [0.1, 0.15) is 11.1 Å². The molecule has 0 unspecified atom stereocenters. The summed E-state index contributed by atoms with van der Waals surface area (Å²) in [6, 6.07) is 6.58. The second-order valence-corrected chi connectivity index (χ2v) is 3.71. The Morgan fingerprint density at radius 2 is 2.16 bits per heavy atom. The molecule has 0 heterocycles. The molecule has 1 aromatic carbocycles. The molecule has 0 bridgehead atoms. The maximum absolute atomic E-state index is 11.4. The first-order valence-corrected chi connectivity index (χ1v) is 5.44. The summed E-state index contributed by atoms with van der Waals surface area (Å²) >= 11 is 0. The minimum atomic E-state index is -1.34. The molecule has 0 radical (unpaired) electrons. The van der Waals surface area contributed by atoms with Crippen LogP contribution in [-0.4, -0.2) is 34.9 Å². The Labute approximate surface area is 109 Å². The number of hydrogen-bond donors (Lipinski definition) is 4. The molecule has 0 spiro atoms. The summed E-state index contributed by atoms with van der Waals surface area (Å²) in [5.74, 6) is -1.32. The van der Waals surface area contributed by atoms with Gasteiger partial charge in [-0.1, -0.05) is 12.1 Å². The standard InChI is InChI=1S/C12H13N3O4/c13-5-8-2-1-3-9(4-8)6-14-12(19)15-10(7-16)11(17)18/h1-4,10,16H,6-7H2,(H,17,18)(H2,14,15,19)/t10-/m0/s1. The van der Waals surface area contributed by atoms with Gasteiger partial charge in [0.1, 0.15) is 0 Å². The fourth-order valence-corrected chi connectivity index (χ4v) is 1.33. The quantitative estimate of drug-likeness (QED) is 0.586. The first-order valence-electron chi connectivity index (χ1n) is 5.44. The number of aliphatic hydroxyl groups is 1. The lowest BCUT2D eigenvalue weighted by atomic mass is 10.1. The van der Waals surface area contributed by atoms with E-state index in [4.69, 9.17) is 15.5 Å². The van der Waals surface area contributed by atoms with Crippen molar-refractivity contribution in [3.63, 3.8) is 0 Å². The van der Waals surface area contributed by atoms with Crippen LogP contribution in [0.15, 0.2) is 24.3 Å². The molecule has 2 amide bonds. The number of carboxylic acids is 1. The van der Waals surface area contributed by atoms with Crippen molar-refractivity contribution in [1.82, 2.24) is 10.6 Å². The van der Waals surface area contributed by atoms with Gasteiger partial charge in [0.25, 0.3) is 0 Å². The van der Waals surface area contributed by atoms with Gasteiger partial charge in [-0.3, -0.25) is 0 Å². The number of amides is 2. The number of nitrogens with one attached hydrogen (secondary N) is 2. The van der Waals surface area contributed by atoms with E-state index in [1.165, 1.54) is 0 Å². The first-order chi connectivity index (χ1) is 9.06. The summed E-state index contributed by atoms with van der Waals surface area (Å²) in [6.45, 7) is -0.536. The first kappa shape index (κ1) is 14.5. The fourth-order valence-electron chi connectivity index (χ4n) is 1.33. The maximum Gasteiger partial charge on any atom is 0.328 e. The van der Waals surface area contributed by atoms with Crippen molar-refractivity contribution in [3.8, 4) is 6.07 Å². The zero-order chi connectivity index (χ0) is 14.3. The van der Waals surface area contributed by atoms with Gasteiger partial charge in [-0.15, -0.1) is 0 Å². The van der Waals surface area contributed by atoms with Crippen molar-refractivity contribution < 1.29 is 19.8 Å². The zero-order valence-electron chi connectivity index (χ0n) is 9.96. The number of rotatable bonds is 5. The second kappa shape index (κ2) is 6.98. The molecule has 1 aromatic rings. The maximum atomic E-state index is 11.4. The van der Waals surface area contributed by atoms with Crippen molar-refractivity contribution >= 4 is 12.0 Å². The molecule has 0 fully saturated rings. The number of carbonyl (C=O) groups excluding carboxylic acids is 1. The van der Waals surface area contributed by atoms with Crippen LogP contribution in [0.2, 0.25) is 0 Å². The van der Waals surface area contributed by atoms with Crippen LogP contribution < -0.4 is 10.6 Å². The molecule has 19 heavy (non-hydrogen) atoms. The molecule has 0 aromatic heterocycles. The summed E-state index contributed by atoms with van der Waals surface area (Å²) < 4.78 is 0. The van der Waals surface area contributed by atoms with Crippen LogP contribution in [0, 0.1) is 11.3 Å². The van der Waals surface area contributed by atoms with Gasteiger partial charge in [0, 0.05) is 6.54 Å². The molecule has 100 valence electrons. The summed E-state index contributed by atoms with van der Waals surface area (Å²) in [7, 11) is 0. The highest BCUT2D eigenvalue weighted by atomic mass is 16.4. The zero-order valence-corrected chi connectivity index (χ0v) is 9.96. The average Bonchev–Trinajstić information content (AvgIpc) is 2.42. The van der Waals surface area contributed by atoms with Crippen LogP contribution >= 0.6 is 0 Å². The average molecular weight is 263 g/mol. The molecule has 0 aliphatic heterocycles. The Kier molecular flexibility index (Phi) is 5.32. The molecule has 7 heteroatoms. The highest BCUT2D eigenvalue weighted by molar-refractivity contribution is 5.82. The van der Waals surface area contributed by atoms with E-state index < -0.39 is 24.6 Å². The van der Waals surface area contributed by atoms with Gasteiger partial charge < -0.3 is 20.8 Å². The van der Waals surface area contributed by atoms with Crippen LogP contribution in [0.4, 0.5) is 4.79 Å². The molecular weight excluding hydrogens is 250 g/mol. The Balaban J connectivity index is 2.50. The number of carboxylic acid groups (broad SMARTS) is 1. The normalized spacial score (nSPS) is 11.2. The van der Waals surface area contributed by atoms with Crippen LogP contribution in [0.25, 0.3) is 0 Å². The predicted octanol–water partition coefficient (Wildman–Crippen LogP) is -0.197. The van der Waals surface area contributed by atoms with Gasteiger partial charge >= 0.3 is 12.0 Å². The lowest BCUT2D eigenvalue weighted by Gasteiger charge is -2.12. The third-order valence-corrected chi connectivity index (χ3v) is 2.30. The fraction of sp³-hybridized carbons (Fsp3) is 0.250. The van der Waals surface area contributed by atoms with Gasteiger partial charge in [0.05, 0.1) is 18.2 Å². The molecule has 1 rings (SSSR count). The minimum Gasteiger partial charge on any atom is -0.480 e. The molecule has 0 saturated heterocycles. The van der Waals surface area contributed by atoms with E-state index in [2.05, 4.69) is 10.6 Å². The van der Waals surface area contributed by atoms with E-state index in [0.29, 0.717) is 11.1 Å². The number of aliphatic hydroxyl groups excluding tert-OH is 1. The Hall–Kier alpha value is -2.59. The van der Waals surface area contributed by atoms with Gasteiger partial charge in [0.2, 0.25) is 0 Å². The summed E-state index contributed by atoms with van der Waals surface area (Å²) in [5.41, 5.74) is 1.18.